The molecule has 8 nitrogen and oxygen atoms in total. The van der Waals surface area contributed by atoms with Gasteiger partial charge < -0.3 is 14.5 Å². The summed E-state index contributed by atoms with van der Waals surface area (Å²) in [5, 5.41) is 18.1. The number of benzene rings is 4. The third kappa shape index (κ3) is 5.60. The van der Waals surface area contributed by atoms with E-state index in [1.54, 1.807) is 14.0 Å². The predicted octanol–water partition coefficient (Wildman–Crippen LogP) is 5.65. The van der Waals surface area contributed by atoms with Crippen LogP contribution in [0.15, 0.2) is 89.5 Å². The molecular formula is C31H30N4O4. The summed E-state index contributed by atoms with van der Waals surface area (Å²) in [6, 6.07) is 26.6. The van der Waals surface area contributed by atoms with Crippen LogP contribution in [0.2, 0.25) is 0 Å². The molecule has 0 radical (unpaired) electrons. The molecule has 0 fully saturated rings. The van der Waals surface area contributed by atoms with Crippen molar-refractivity contribution < 1.29 is 19.2 Å². The summed E-state index contributed by atoms with van der Waals surface area (Å²) in [6.07, 6.45) is -0.529. The van der Waals surface area contributed by atoms with E-state index in [1.807, 2.05) is 78.9 Å². The summed E-state index contributed by atoms with van der Waals surface area (Å²) in [6.45, 7) is 1.72. The second-order valence-electron chi connectivity index (χ2n) is 9.83. The van der Waals surface area contributed by atoms with Crippen molar-refractivity contribution in [2.45, 2.75) is 31.8 Å². The van der Waals surface area contributed by atoms with Crippen LogP contribution in [0.1, 0.15) is 28.9 Å². The Kier molecular flexibility index (Phi) is 7.27. The predicted molar refractivity (Wildman–Crippen MR) is 149 cm³/mol. The van der Waals surface area contributed by atoms with Gasteiger partial charge in [0, 0.05) is 26.9 Å². The Morgan fingerprint density at radius 2 is 1.33 bits per heavy atom. The largest absolute Gasteiger partial charge is 0.465 e. The molecule has 1 N–H and O–H groups in total. The first-order valence-electron chi connectivity index (χ1n) is 12.8. The second-order valence-corrected chi connectivity index (χ2v) is 9.83. The molecule has 198 valence electrons. The summed E-state index contributed by atoms with van der Waals surface area (Å²) in [7, 11) is 3.09. The van der Waals surface area contributed by atoms with Gasteiger partial charge >= 0.3 is 6.09 Å². The van der Waals surface area contributed by atoms with E-state index in [-0.39, 0.29) is 12.3 Å². The number of aromatic nitrogens is 2. The zero-order chi connectivity index (χ0) is 27.5. The van der Waals surface area contributed by atoms with Crippen molar-refractivity contribution in [2.75, 3.05) is 14.1 Å². The maximum atomic E-state index is 14.0. The van der Waals surface area contributed by atoms with E-state index in [0.717, 1.165) is 37.6 Å². The van der Waals surface area contributed by atoms with Gasteiger partial charge in [0.25, 0.3) is 0 Å². The van der Waals surface area contributed by atoms with Crippen molar-refractivity contribution >= 4 is 33.5 Å². The van der Waals surface area contributed by atoms with Crippen molar-refractivity contribution in [3.63, 3.8) is 0 Å². The number of aryl methyl sites for hydroxylation is 1. The molecule has 2 atom stereocenters. The van der Waals surface area contributed by atoms with E-state index < -0.39 is 18.2 Å². The van der Waals surface area contributed by atoms with Gasteiger partial charge in [0.05, 0.1) is 0 Å². The highest BCUT2D eigenvalue weighted by molar-refractivity contribution is 5.87. The molecular weight excluding hydrogens is 492 g/mol. The zero-order valence-corrected chi connectivity index (χ0v) is 22.1. The van der Waals surface area contributed by atoms with Gasteiger partial charge in [-0.3, -0.25) is 9.69 Å². The third-order valence-corrected chi connectivity index (χ3v) is 7.18. The Hall–Kier alpha value is -4.72. The maximum Gasteiger partial charge on any atom is 0.407 e. The third-order valence-electron chi connectivity index (χ3n) is 7.18. The maximum absolute atomic E-state index is 14.0. The summed E-state index contributed by atoms with van der Waals surface area (Å²) in [4.78, 5) is 33.1. The molecule has 0 saturated heterocycles. The highest BCUT2D eigenvalue weighted by Crippen LogP contribution is 2.27. The first-order valence-corrected chi connectivity index (χ1v) is 12.8. The van der Waals surface area contributed by atoms with Gasteiger partial charge in [0.15, 0.2) is 5.82 Å². The van der Waals surface area contributed by atoms with Crippen LogP contribution in [0, 0.1) is 6.92 Å². The van der Waals surface area contributed by atoms with Crippen LogP contribution in [0.4, 0.5) is 4.79 Å². The molecule has 4 aromatic carbocycles. The minimum absolute atomic E-state index is 0.225. The molecule has 0 aliphatic carbocycles. The highest BCUT2D eigenvalue weighted by Gasteiger charge is 2.35. The molecule has 1 aromatic heterocycles. The summed E-state index contributed by atoms with van der Waals surface area (Å²) >= 11 is 0. The average molecular weight is 523 g/mol. The standard InChI is InChI=1S/C31H30N4O4/c1-20-32-29(39-33-20)27(18-21-12-14-23-8-4-6-10-25(23)16-21)34(2)30(36)28(35(3)31(37)38)19-22-13-15-24-9-5-7-11-26(24)17-22/h4-17,27-28H,18-19H2,1-3H3,(H,37,38)/t27-,28-/m1/s1. The van der Waals surface area contributed by atoms with Gasteiger partial charge in [0.2, 0.25) is 11.8 Å². The lowest BCUT2D eigenvalue weighted by Gasteiger charge is -2.32. The van der Waals surface area contributed by atoms with Crippen molar-refractivity contribution in [3.8, 4) is 0 Å². The van der Waals surface area contributed by atoms with Gasteiger partial charge in [-0.05, 0) is 39.6 Å². The molecule has 0 bridgehead atoms. The molecule has 0 saturated carbocycles. The summed E-state index contributed by atoms with van der Waals surface area (Å²) in [5.74, 6) is 0.415. The fourth-order valence-electron chi connectivity index (χ4n) is 4.93. The molecule has 0 aliphatic heterocycles. The van der Waals surface area contributed by atoms with Gasteiger partial charge in [-0.15, -0.1) is 0 Å². The monoisotopic (exact) mass is 522 g/mol. The quantitative estimate of drug-likeness (QED) is 0.283. The number of carbonyl (C=O) groups excluding carboxylic acids is 1. The summed E-state index contributed by atoms with van der Waals surface area (Å²) < 4.78 is 5.53. The Labute approximate surface area is 226 Å². The molecule has 0 unspecified atom stereocenters. The molecule has 39 heavy (non-hydrogen) atoms. The molecule has 2 amide bonds. The lowest BCUT2D eigenvalue weighted by Crippen LogP contribution is -2.50. The van der Waals surface area contributed by atoms with Crippen LogP contribution in [0.5, 0.6) is 0 Å². The normalized spacial score (nSPS) is 12.8. The number of carbonyl (C=O) groups is 2. The SMILES string of the molecule is Cc1noc([C@@H](Cc2ccc3ccccc3c2)N(C)C(=O)[C@@H](Cc2ccc3ccccc3c2)N(C)C(=O)O)n1. The van der Waals surface area contributed by atoms with Gasteiger partial charge in [-0.25, -0.2) is 4.79 Å². The fraction of sp³-hybridized carbons (Fsp3) is 0.226. The van der Waals surface area contributed by atoms with Crippen molar-refractivity contribution in [2.24, 2.45) is 0 Å². The number of likely N-dealkylation sites (N-methyl/N-ethyl adjacent to an activating group) is 2. The van der Waals surface area contributed by atoms with Crippen LogP contribution in [0.25, 0.3) is 21.5 Å². The van der Waals surface area contributed by atoms with Crippen molar-refractivity contribution in [3.05, 3.63) is 108 Å². The van der Waals surface area contributed by atoms with E-state index in [1.165, 1.54) is 11.9 Å². The number of carboxylic acid groups (broad SMARTS) is 1. The Morgan fingerprint density at radius 3 is 1.85 bits per heavy atom. The number of nitrogens with zero attached hydrogens (tertiary/aromatic N) is 4. The number of rotatable bonds is 8. The molecule has 8 heteroatoms. The van der Waals surface area contributed by atoms with Crippen LogP contribution in [0.3, 0.4) is 0 Å². The van der Waals surface area contributed by atoms with E-state index in [4.69, 9.17) is 4.52 Å². The van der Waals surface area contributed by atoms with Crippen LogP contribution in [-0.4, -0.2) is 57.2 Å². The molecule has 0 spiro atoms. The van der Waals surface area contributed by atoms with Crippen molar-refractivity contribution in [1.82, 2.24) is 19.9 Å². The van der Waals surface area contributed by atoms with Crippen LogP contribution in [-0.2, 0) is 17.6 Å². The number of amides is 2. The number of fused-ring (bicyclic) bond motifs is 2. The lowest BCUT2D eigenvalue weighted by molar-refractivity contribution is -0.137. The van der Waals surface area contributed by atoms with Crippen molar-refractivity contribution in [1.29, 1.82) is 0 Å². The highest BCUT2D eigenvalue weighted by atomic mass is 16.5. The Morgan fingerprint density at radius 1 is 0.795 bits per heavy atom. The van der Waals surface area contributed by atoms with Gasteiger partial charge in [-0.2, -0.15) is 4.98 Å². The average Bonchev–Trinajstić information content (AvgIpc) is 3.39. The minimum Gasteiger partial charge on any atom is -0.465 e. The fourth-order valence-corrected chi connectivity index (χ4v) is 4.93. The molecule has 0 aliphatic rings. The Balaban J connectivity index is 1.47. The smallest absolute Gasteiger partial charge is 0.407 e. The topological polar surface area (TPSA) is 99.8 Å². The van der Waals surface area contributed by atoms with E-state index in [0.29, 0.717) is 18.1 Å². The van der Waals surface area contributed by atoms with Gasteiger partial charge in [0.1, 0.15) is 12.1 Å². The van der Waals surface area contributed by atoms with Gasteiger partial charge in [-0.1, -0.05) is 90.1 Å². The van der Waals surface area contributed by atoms with Crippen LogP contribution >= 0.6 is 0 Å². The minimum atomic E-state index is -1.18. The number of hydrogen-bond donors (Lipinski definition) is 1. The zero-order valence-electron chi connectivity index (χ0n) is 22.1. The lowest BCUT2D eigenvalue weighted by atomic mass is 9.98. The Bertz CT molecular complexity index is 1650. The van der Waals surface area contributed by atoms with E-state index in [9.17, 15) is 14.7 Å². The molecule has 1 heterocycles. The molecule has 5 rings (SSSR count). The van der Waals surface area contributed by atoms with E-state index >= 15 is 0 Å². The first kappa shape index (κ1) is 25.9. The second kappa shape index (κ2) is 10.9. The first-order chi connectivity index (χ1) is 18.8. The number of hydrogen-bond acceptors (Lipinski definition) is 5. The molecule has 5 aromatic rings. The van der Waals surface area contributed by atoms with Crippen LogP contribution < -0.4 is 0 Å². The summed E-state index contributed by atoms with van der Waals surface area (Å²) in [5.41, 5.74) is 1.86. The van der Waals surface area contributed by atoms with E-state index in [2.05, 4.69) is 16.2 Å².